The van der Waals surface area contributed by atoms with E-state index < -0.39 is 5.97 Å². The van der Waals surface area contributed by atoms with Crippen molar-refractivity contribution in [3.8, 4) is 12.3 Å². The maximum atomic E-state index is 11.0. The molecule has 0 spiro atoms. The van der Waals surface area contributed by atoms with Crippen LogP contribution in [-0.2, 0) is 14.4 Å². The molecule has 0 amide bonds. The third kappa shape index (κ3) is 5.37. The van der Waals surface area contributed by atoms with Crippen molar-refractivity contribution in [2.45, 2.75) is 6.42 Å². The number of rotatable bonds is 6. The molecule has 0 saturated carbocycles. The van der Waals surface area contributed by atoms with Gasteiger partial charge >= 0.3 is 5.97 Å². The molecule has 1 aromatic carbocycles. The monoisotopic (exact) mass is 265 g/mol. The van der Waals surface area contributed by atoms with Crippen LogP contribution in [-0.4, -0.2) is 25.4 Å². The zero-order chi connectivity index (χ0) is 13.2. The van der Waals surface area contributed by atoms with Gasteiger partial charge in [0.05, 0.1) is 12.6 Å². The summed E-state index contributed by atoms with van der Waals surface area (Å²) in [6, 6.07) is 7.21. The number of ether oxygens (including phenoxy) is 1. The molecule has 0 unspecified atom stereocenters. The van der Waals surface area contributed by atoms with E-state index in [9.17, 15) is 4.79 Å². The minimum atomic E-state index is -0.416. The highest BCUT2D eigenvalue weighted by Gasteiger charge is 2.01. The average Bonchev–Trinajstić information content (AvgIpc) is 2.38. The number of carbonyl (C=O) groups is 1. The van der Waals surface area contributed by atoms with E-state index in [1.54, 1.807) is 12.1 Å². The molecule has 18 heavy (non-hydrogen) atoms. The molecule has 0 fully saturated rings. The fourth-order valence-corrected chi connectivity index (χ4v) is 1.23. The molecule has 5 heteroatoms. The molecule has 0 saturated heterocycles. The molecule has 0 aromatic heterocycles. The fraction of sp³-hybridized carbons (Fsp3) is 0.231. The SMILES string of the molecule is C#CCOC(=O)CCO/N=C/c1ccccc1Cl. The molecule has 0 aliphatic carbocycles. The van der Waals surface area contributed by atoms with E-state index in [4.69, 9.17) is 22.9 Å². The van der Waals surface area contributed by atoms with Crippen LogP contribution >= 0.6 is 11.6 Å². The van der Waals surface area contributed by atoms with Gasteiger partial charge in [0.15, 0.2) is 6.61 Å². The van der Waals surface area contributed by atoms with E-state index in [1.807, 2.05) is 12.1 Å². The second-order valence-electron chi connectivity index (χ2n) is 3.20. The average molecular weight is 266 g/mol. The summed E-state index contributed by atoms with van der Waals surface area (Å²) in [4.78, 5) is 15.9. The molecular weight excluding hydrogens is 254 g/mol. The van der Waals surface area contributed by atoms with E-state index in [-0.39, 0.29) is 19.6 Å². The summed E-state index contributed by atoms with van der Waals surface area (Å²) in [6.07, 6.45) is 6.52. The lowest BCUT2D eigenvalue weighted by Gasteiger charge is -2.00. The van der Waals surface area contributed by atoms with Gasteiger partial charge < -0.3 is 9.57 Å². The first-order valence-electron chi connectivity index (χ1n) is 5.23. The van der Waals surface area contributed by atoms with Gasteiger partial charge in [0, 0.05) is 10.6 Å². The molecule has 0 atom stereocenters. The largest absolute Gasteiger partial charge is 0.452 e. The van der Waals surface area contributed by atoms with Crippen LogP contribution < -0.4 is 0 Å². The fourth-order valence-electron chi connectivity index (χ4n) is 1.05. The Bertz CT molecular complexity index is 466. The highest BCUT2D eigenvalue weighted by Crippen LogP contribution is 2.12. The first-order chi connectivity index (χ1) is 8.74. The van der Waals surface area contributed by atoms with Gasteiger partial charge in [-0.25, -0.2) is 0 Å². The second-order valence-corrected chi connectivity index (χ2v) is 3.61. The predicted molar refractivity (Wildman–Crippen MR) is 69.4 cm³/mol. The lowest BCUT2D eigenvalue weighted by Crippen LogP contribution is -2.07. The van der Waals surface area contributed by atoms with Crippen molar-refractivity contribution in [1.29, 1.82) is 0 Å². The Morgan fingerprint density at radius 1 is 1.50 bits per heavy atom. The minimum Gasteiger partial charge on any atom is -0.452 e. The minimum absolute atomic E-state index is 0.0261. The maximum absolute atomic E-state index is 11.0. The Labute approximate surface area is 111 Å². The van der Waals surface area contributed by atoms with Crippen LogP contribution in [0.25, 0.3) is 0 Å². The molecule has 94 valence electrons. The first kappa shape index (κ1) is 14.1. The van der Waals surface area contributed by atoms with Gasteiger partial charge in [-0.1, -0.05) is 40.9 Å². The summed E-state index contributed by atoms with van der Waals surface area (Å²) < 4.78 is 4.65. The Hall–Kier alpha value is -1.99. The van der Waals surface area contributed by atoms with Crippen molar-refractivity contribution >= 4 is 23.8 Å². The van der Waals surface area contributed by atoms with Crippen LogP contribution in [0.4, 0.5) is 0 Å². The Kier molecular flexibility index (Phi) is 6.37. The summed E-state index contributed by atoms with van der Waals surface area (Å²) in [5, 5.41) is 4.28. The smallest absolute Gasteiger partial charge is 0.310 e. The van der Waals surface area contributed by atoms with Crippen LogP contribution in [0.3, 0.4) is 0 Å². The van der Waals surface area contributed by atoms with Gasteiger partial charge in [0.2, 0.25) is 0 Å². The molecule has 0 bridgehead atoms. The van der Waals surface area contributed by atoms with Gasteiger partial charge in [0.25, 0.3) is 0 Å². The molecule has 0 heterocycles. The third-order valence-electron chi connectivity index (χ3n) is 1.89. The molecule has 0 N–H and O–H groups in total. The summed E-state index contributed by atoms with van der Waals surface area (Å²) in [6.45, 7) is 0.103. The van der Waals surface area contributed by atoms with Gasteiger partial charge in [-0.15, -0.1) is 6.42 Å². The number of terminal acetylenes is 1. The molecule has 0 aliphatic heterocycles. The van der Waals surface area contributed by atoms with E-state index in [1.165, 1.54) is 6.21 Å². The summed E-state index contributed by atoms with van der Waals surface area (Å²) in [7, 11) is 0. The van der Waals surface area contributed by atoms with Crippen LogP contribution in [0.1, 0.15) is 12.0 Å². The zero-order valence-electron chi connectivity index (χ0n) is 9.64. The van der Waals surface area contributed by atoms with Gasteiger partial charge in [-0.3, -0.25) is 4.79 Å². The Balaban J connectivity index is 2.24. The van der Waals surface area contributed by atoms with Crippen LogP contribution in [0.15, 0.2) is 29.4 Å². The molecule has 0 aliphatic rings. The topological polar surface area (TPSA) is 47.9 Å². The predicted octanol–water partition coefficient (Wildman–Crippen LogP) is 2.26. The molecule has 0 radical (unpaired) electrons. The van der Waals surface area contributed by atoms with Crippen molar-refractivity contribution in [2.24, 2.45) is 5.16 Å². The summed E-state index contributed by atoms with van der Waals surface area (Å²) in [5.41, 5.74) is 0.745. The van der Waals surface area contributed by atoms with Crippen molar-refractivity contribution in [1.82, 2.24) is 0 Å². The van der Waals surface area contributed by atoms with Crippen LogP contribution in [0.5, 0.6) is 0 Å². The number of oxime groups is 1. The lowest BCUT2D eigenvalue weighted by molar-refractivity contribution is -0.143. The number of halogens is 1. The lowest BCUT2D eigenvalue weighted by atomic mass is 10.2. The number of carbonyl (C=O) groups excluding carboxylic acids is 1. The second kappa shape index (κ2) is 8.15. The number of benzene rings is 1. The normalized spacial score (nSPS) is 10.0. The molecule has 1 rings (SSSR count). The summed E-state index contributed by atoms with van der Waals surface area (Å²) in [5.74, 6) is 1.78. The van der Waals surface area contributed by atoms with E-state index in [2.05, 4.69) is 15.8 Å². The Morgan fingerprint density at radius 2 is 2.28 bits per heavy atom. The highest BCUT2D eigenvalue weighted by atomic mass is 35.5. The van der Waals surface area contributed by atoms with Crippen molar-refractivity contribution < 1.29 is 14.4 Å². The Morgan fingerprint density at radius 3 is 3.00 bits per heavy atom. The van der Waals surface area contributed by atoms with Crippen LogP contribution in [0.2, 0.25) is 5.02 Å². The standard InChI is InChI=1S/C13H12ClNO3/c1-2-8-17-13(16)7-9-18-15-10-11-5-3-4-6-12(11)14/h1,3-6,10H,7-9H2/b15-10+. The number of nitrogens with zero attached hydrogens (tertiary/aromatic N) is 1. The van der Waals surface area contributed by atoms with Crippen LogP contribution in [0, 0.1) is 12.3 Å². The van der Waals surface area contributed by atoms with Gasteiger partial charge in [-0.05, 0) is 6.07 Å². The maximum Gasteiger partial charge on any atom is 0.310 e. The highest BCUT2D eigenvalue weighted by molar-refractivity contribution is 6.33. The summed E-state index contributed by atoms with van der Waals surface area (Å²) >= 11 is 5.91. The molecule has 4 nitrogen and oxygen atoms in total. The quantitative estimate of drug-likeness (QED) is 0.261. The van der Waals surface area contributed by atoms with Gasteiger partial charge in [-0.2, -0.15) is 0 Å². The number of hydrogen-bond donors (Lipinski definition) is 0. The van der Waals surface area contributed by atoms with E-state index >= 15 is 0 Å². The molecule has 1 aromatic rings. The van der Waals surface area contributed by atoms with Crippen molar-refractivity contribution in [2.75, 3.05) is 13.2 Å². The first-order valence-corrected chi connectivity index (χ1v) is 5.61. The van der Waals surface area contributed by atoms with Gasteiger partial charge in [0.1, 0.15) is 6.61 Å². The van der Waals surface area contributed by atoms with E-state index in [0.717, 1.165) is 5.56 Å². The van der Waals surface area contributed by atoms with E-state index in [0.29, 0.717) is 5.02 Å². The van der Waals surface area contributed by atoms with Crippen molar-refractivity contribution in [3.63, 3.8) is 0 Å². The third-order valence-corrected chi connectivity index (χ3v) is 2.23. The number of esters is 1. The molecular formula is C13H12ClNO3. The van der Waals surface area contributed by atoms with Crippen molar-refractivity contribution in [3.05, 3.63) is 34.9 Å². The zero-order valence-corrected chi connectivity index (χ0v) is 10.4. The number of hydrogen-bond acceptors (Lipinski definition) is 4.